The lowest BCUT2D eigenvalue weighted by Crippen LogP contribution is -2.16. The van der Waals surface area contributed by atoms with Gasteiger partial charge in [-0.05, 0) is 72.8 Å². The number of aromatic nitrogens is 1. The van der Waals surface area contributed by atoms with E-state index in [1.165, 1.54) is 10.8 Å². The normalized spacial score (nSPS) is 12.3. The molecule has 0 saturated carbocycles. The first kappa shape index (κ1) is 23.1. The third kappa shape index (κ3) is 3.46. The Kier molecular flexibility index (Phi) is 5.16. The maximum Gasteiger partial charge on any atom is 0.0991 e. The minimum absolute atomic E-state index is 0.635. The fraction of sp³-hybridized carbons (Fsp3) is 0. The highest BCUT2D eigenvalue weighted by atomic mass is 15.2. The van der Waals surface area contributed by atoms with Crippen molar-refractivity contribution in [2.75, 3.05) is 9.80 Å². The summed E-state index contributed by atoms with van der Waals surface area (Å²) in [4.78, 5) is 4.68. The lowest BCUT2D eigenvalue weighted by molar-refractivity contribution is 1.15. The zero-order valence-electron chi connectivity index (χ0n) is 22.1. The van der Waals surface area contributed by atoms with Gasteiger partial charge in [-0.1, -0.05) is 72.8 Å². The largest absolute Gasteiger partial charge is 0.306 e. The SMILES string of the molecule is N#Cc1ccc(N2c3ccccc3N(c3ccccc3)c3cccc4c5ccccc5n(c34)-c3ccccc32)cc1. The zero-order valence-corrected chi connectivity index (χ0v) is 22.1. The molecule has 4 nitrogen and oxygen atoms in total. The van der Waals surface area contributed by atoms with Gasteiger partial charge in [0.1, 0.15) is 0 Å². The van der Waals surface area contributed by atoms with Crippen molar-refractivity contribution < 1.29 is 0 Å². The van der Waals surface area contributed by atoms with Crippen molar-refractivity contribution in [3.63, 3.8) is 0 Å². The second-order valence-corrected chi connectivity index (χ2v) is 10.2. The van der Waals surface area contributed by atoms with E-state index in [9.17, 15) is 5.26 Å². The average Bonchev–Trinajstić information content (AvgIpc) is 3.39. The monoisotopic (exact) mass is 524 g/mol. The fourth-order valence-corrected chi connectivity index (χ4v) is 6.19. The molecule has 41 heavy (non-hydrogen) atoms. The molecule has 1 aliphatic heterocycles. The van der Waals surface area contributed by atoms with Gasteiger partial charge in [-0.25, -0.2) is 0 Å². The van der Waals surface area contributed by atoms with Crippen molar-refractivity contribution >= 4 is 55.9 Å². The Morgan fingerprint density at radius 3 is 1.63 bits per heavy atom. The van der Waals surface area contributed by atoms with Crippen molar-refractivity contribution in [3.05, 3.63) is 151 Å². The molecule has 1 aromatic heterocycles. The molecular formula is C37H24N4. The lowest BCUT2D eigenvalue weighted by atomic mass is 10.1. The molecule has 0 bridgehead atoms. The van der Waals surface area contributed by atoms with Crippen LogP contribution in [-0.4, -0.2) is 4.57 Å². The Bertz CT molecular complexity index is 2120. The molecule has 0 aliphatic carbocycles. The molecule has 0 amide bonds. The van der Waals surface area contributed by atoms with Gasteiger partial charge in [0.2, 0.25) is 0 Å². The molecule has 6 aromatic carbocycles. The summed E-state index contributed by atoms with van der Waals surface area (Å²) < 4.78 is 2.41. The Balaban J connectivity index is 1.59. The summed E-state index contributed by atoms with van der Waals surface area (Å²) >= 11 is 0. The smallest absolute Gasteiger partial charge is 0.0991 e. The Labute approximate surface area is 238 Å². The van der Waals surface area contributed by atoms with Crippen molar-refractivity contribution in [1.82, 2.24) is 4.57 Å². The highest BCUT2D eigenvalue weighted by Gasteiger charge is 2.29. The van der Waals surface area contributed by atoms with Crippen LogP contribution < -0.4 is 9.80 Å². The number of hydrogen-bond donors (Lipinski definition) is 0. The van der Waals surface area contributed by atoms with Gasteiger partial charge < -0.3 is 14.4 Å². The fourth-order valence-electron chi connectivity index (χ4n) is 6.19. The topological polar surface area (TPSA) is 35.2 Å². The van der Waals surface area contributed by atoms with Crippen LogP contribution in [-0.2, 0) is 0 Å². The number of hydrogen-bond acceptors (Lipinski definition) is 3. The minimum atomic E-state index is 0.635. The predicted molar refractivity (Wildman–Crippen MR) is 168 cm³/mol. The Morgan fingerprint density at radius 1 is 0.415 bits per heavy atom. The van der Waals surface area contributed by atoms with Crippen LogP contribution in [0, 0.1) is 11.3 Å². The van der Waals surface area contributed by atoms with Gasteiger partial charge in [0.05, 0.1) is 51.1 Å². The van der Waals surface area contributed by atoms with E-state index in [0.29, 0.717) is 5.56 Å². The number of para-hydroxylation sites is 7. The third-order valence-corrected chi connectivity index (χ3v) is 7.91. The van der Waals surface area contributed by atoms with Crippen LogP contribution in [0.3, 0.4) is 0 Å². The van der Waals surface area contributed by atoms with Crippen molar-refractivity contribution in [3.8, 4) is 11.8 Å². The van der Waals surface area contributed by atoms with E-state index in [4.69, 9.17) is 0 Å². The number of nitrogens with zero attached hydrogens (tertiary/aromatic N) is 4. The van der Waals surface area contributed by atoms with E-state index in [1.54, 1.807) is 0 Å². The average molecular weight is 525 g/mol. The van der Waals surface area contributed by atoms with Crippen molar-refractivity contribution in [2.24, 2.45) is 0 Å². The summed E-state index contributed by atoms with van der Waals surface area (Å²) in [6.07, 6.45) is 0. The molecule has 0 unspecified atom stereocenters. The number of benzene rings is 6. The van der Waals surface area contributed by atoms with Crippen LogP contribution in [0.4, 0.5) is 34.1 Å². The van der Waals surface area contributed by atoms with Crippen LogP contribution in [0.15, 0.2) is 146 Å². The molecule has 4 heteroatoms. The van der Waals surface area contributed by atoms with E-state index in [2.05, 4.69) is 142 Å². The van der Waals surface area contributed by atoms with Gasteiger partial charge in [0.15, 0.2) is 0 Å². The molecule has 0 atom stereocenters. The summed E-state index contributed by atoms with van der Waals surface area (Å²) in [6.45, 7) is 0. The van der Waals surface area contributed by atoms with E-state index in [0.717, 1.165) is 50.8 Å². The standard InChI is InChI=1S/C37H24N4/c38-25-26-21-23-28(24-22-26)39-32-16-6-7-17-33(32)40(27-11-2-1-3-12-27)36-20-10-14-30-29-13-4-5-15-31(29)41(37(30)36)35-19-9-8-18-34(35)39/h1-24H. The molecular weight excluding hydrogens is 500 g/mol. The molecule has 0 N–H and O–H groups in total. The quantitative estimate of drug-likeness (QED) is 0.226. The van der Waals surface area contributed by atoms with Gasteiger partial charge in [-0.2, -0.15) is 5.26 Å². The van der Waals surface area contributed by atoms with Crippen molar-refractivity contribution in [1.29, 1.82) is 5.26 Å². The van der Waals surface area contributed by atoms with E-state index >= 15 is 0 Å². The second kappa shape index (κ2) is 9.15. The van der Waals surface area contributed by atoms with E-state index in [1.807, 2.05) is 24.3 Å². The number of rotatable bonds is 2. The molecule has 7 aromatic rings. The first-order chi connectivity index (χ1) is 20.3. The predicted octanol–water partition coefficient (Wildman–Crippen LogP) is 9.91. The highest BCUT2D eigenvalue weighted by molar-refractivity contribution is 6.15. The van der Waals surface area contributed by atoms with Gasteiger partial charge in [0.25, 0.3) is 0 Å². The highest BCUT2D eigenvalue weighted by Crippen LogP contribution is 2.51. The molecule has 0 radical (unpaired) electrons. The first-order valence-corrected chi connectivity index (χ1v) is 13.7. The summed E-state index contributed by atoms with van der Waals surface area (Å²) in [6, 6.07) is 53.1. The summed E-state index contributed by atoms with van der Waals surface area (Å²) in [5.41, 5.74) is 10.3. The van der Waals surface area contributed by atoms with Crippen LogP contribution in [0.2, 0.25) is 0 Å². The molecule has 0 fully saturated rings. The van der Waals surface area contributed by atoms with Gasteiger partial charge >= 0.3 is 0 Å². The second-order valence-electron chi connectivity index (χ2n) is 10.2. The Morgan fingerprint density at radius 2 is 0.927 bits per heavy atom. The lowest BCUT2D eigenvalue weighted by Gasteiger charge is -2.32. The maximum atomic E-state index is 9.52. The summed E-state index contributed by atoms with van der Waals surface area (Å²) in [5, 5.41) is 11.9. The van der Waals surface area contributed by atoms with Gasteiger partial charge in [-0.3, -0.25) is 0 Å². The van der Waals surface area contributed by atoms with Gasteiger partial charge in [0, 0.05) is 22.1 Å². The molecule has 2 heterocycles. The van der Waals surface area contributed by atoms with Crippen LogP contribution in [0.5, 0.6) is 0 Å². The molecule has 0 spiro atoms. The Hall–Kier alpha value is -5.79. The number of nitriles is 1. The summed E-state index contributed by atoms with van der Waals surface area (Å²) in [7, 11) is 0. The molecule has 8 rings (SSSR count). The first-order valence-electron chi connectivity index (χ1n) is 13.7. The summed E-state index contributed by atoms with van der Waals surface area (Å²) in [5.74, 6) is 0. The van der Waals surface area contributed by atoms with Gasteiger partial charge in [-0.15, -0.1) is 0 Å². The minimum Gasteiger partial charge on any atom is -0.306 e. The maximum absolute atomic E-state index is 9.52. The number of fused-ring (bicyclic) bond motifs is 6. The van der Waals surface area contributed by atoms with Crippen LogP contribution in [0.1, 0.15) is 5.56 Å². The van der Waals surface area contributed by atoms with Crippen molar-refractivity contribution in [2.45, 2.75) is 0 Å². The van der Waals surface area contributed by atoms with E-state index in [-0.39, 0.29) is 0 Å². The third-order valence-electron chi connectivity index (χ3n) is 7.91. The molecule has 0 saturated heterocycles. The number of anilines is 6. The van der Waals surface area contributed by atoms with Crippen LogP contribution in [0.25, 0.3) is 27.5 Å². The molecule has 192 valence electrons. The van der Waals surface area contributed by atoms with Crippen LogP contribution >= 0.6 is 0 Å². The van der Waals surface area contributed by atoms with E-state index < -0.39 is 0 Å². The zero-order chi connectivity index (χ0) is 27.3. The molecule has 1 aliphatic rings.